The SMILES string of the molecule is CCOC(=O)c1cccc(NC(COC)C(C)C)c1. The monoisotopic (exact) mass is 265 g/mol. The first-order chi connectivity index (χ1) is 9.08. The summed E-state index contributed by atoms with van der Waals surface area (Å²) in [6.07, 6.45) is 0. The van der Waals surface area contributed by atoms with Gasteiger partial charge in [0.15, 0.2) is 0 Å². The fourth-order valence-corrected chi connectivity index (χ4v) is 1.74. The Bertz CT molecular complexity index is 404. The maximum absolute atomic E-state index is 11.7. The largest absolute Gasteiger partial charge is 0.462 e. The van der Waals surface area contributed by atoms with Crippen molar-refractivity contribution in [1.82, 2.24) is 0 Å². The molecule has 0 amide bonds. The Labute approximate surface area is 115 Å². The van der Waals surface area contributed by atoms with Crippen molar-refractivity contribution >= 4 is 11.7 Å². The lowest BCUT2D eigenvalue weighted by Gasteiger charge is -2.23. The molecule has 0 aliphatic heterocycles. The second kappa shape index (κ2) is 7.79. The minimum Gasteiger partial charge on any atom is -0.462 e. The molecule has 0 radical (unpaired) electrons. The van der Waals surface area contributed by atoms with E-state index in [0.29, 0.717) is 24.7 Å². The van der Waals surface area contributed by atoms with Crippen molar-refractivity contribution in [3.8, 4) is 0 Å². The molecule has 0 saturated heterocycles. The molecule has 0 aliphatic rings. The highest BCUT2D eigenvalue weighted by molar-refractivity contribution is 5.90. The summed E-state index contributed by atoms with van der Waals surface area (Å²) < 4.78 is 10.2. The fraction of sp³-hybridized carbons (Fsp3) is 0.533. The molecule has 19 heavy (non-hydrogen) atoms. The Hall–Kier alpha value is -1.55. The van der Waals surface area contributed by atoms with Crippen molar-refractivity contribution < 1.29 is 14.3 Å². The van der Waals surface area contributed by atoms with Gasteiger partial charge < -0.3 is 14.8 Å². The normalized spacial score (nSPS) is 12.3. The smallest absolute Gasteiger partial charge is 0.338 e. The third kappa shape index (κ3) is 4.91. The molecule has 0 aromatic heterocycles. The Morgan fingerprint density at radius 3 is 2.68 bits per heavy atom. The van der Waals surface area contributed by atoms with E-state index in [1.165, 1.54) is 0 Å². The Morgan fingerprint density at radius 2 is 2.11 bits per heavy atom. The molecule has 1 N–H and O–H groups in total. The molecule has 0 fully saturated rings. The molecule has 1 aromatic rings. The van der Waals surface area contributed by atoms with E-state index in [4.69, 9.17) is 9.47 Å². The molecule has 1 rings (SSSR count). The van der Waals surface area contributed by atoms with Crippen LogP contribution in [0.1, 0.15) is 31.1 Å². The second-order valence-electron chi connectivity index (χ2n) is 4.75. The predicted octanol–water partition coefficient (Wildman–Crippen LogP) is 2.95. The van der Waals surface area contributed by atoms with Gasteiger partial charge in [0.05, 0.1) is 24.8 Å². The van der Waals surface area contributed by atoms with E-state index in [9.17, 15) is 4.79 Å². The van der Waals surface area contributed by atoms with Gasteiger partial charge >= 0.3 is 5.97 Å². The van der Waals surface area contributed by atoms with Crippen LogP contribution in [0.4, 0.5) is 5.69 Å². The first kappa shape index (κ1) is 15.5. The minimum absolute atomic E-state index is 0.211. The summed E-state index contributed by atoms with van der Waals surface area (Å²) in [5.41, 5.74) is 1.47. The average molecular weight is 265 g/mol. The molecule has 4 heteroatoms. The highest BCUT2D eigenvalue weighted by Crippen LogP contribution is 2.16. The lowest BCUT2D eigenvalue weighted by atomic mass is 10.0. The van der Waals surface area contributed by atoms with Crippen LogP contribution >= 0.6 is 0 Å². The van der Waals surface area contributed by atoms with Crippen LogP contribution in [0.2, 0.25) is 0 Å². The maximum atomic E-state index is 11.7. The zero-order valence-electron chi connectivity index (χ0n) is 12.1. The molecular weight excluding hydrogens is 242 g/mol. The van der Waals surface area contributed by atoms with Gasteiger partial charge in [-0.1, -0.05) is 19.9 Å². The van der Waals surface area contributed by atoms with E-state index in [1.807, 2.05) is 18.2 Å². The maximum Gasteiger partial charge on any atom is 0.338 e. The van der Waals surface area contributed by atoms with Gasteiger partial charge in [-0.25, -0.2) is 4.79 Å². The van der Waals surface area contributed by atoms with E-state index >= 15 is 0 Å². The fourth-order valence-electron chi connectivity index (χ4n) is 1.74. The highest BCUT2D eigenvalue weighted by Gasteiger charge is 2.14. The molecule has 0 aliphatic carbocycles. The number of nitrogens with one attached hydrogen (secondary N) is 1. The van der Waals surface area contributed by atoms with Crippen molar-refractivity contribution in [2.75, 3.05) is 25.6 Å². The zero-order chi connectivity index (χ0) is 14.3. The highest BCUT2D eigenvalue weighted by atomic mass is 16.5. The van der Waals surface area contributed by atoms with E-state index in [0.717, 1.165) is 5.69 Å². The van der Waals surface area contributed by atoms with Crippen LogP contribution in [-0.2, 0) is 9.47 Å². The third-order valence-electron chi connectivity index (χ3n) is 2.88. The van der Waals surface area contributed by atoms with Crippen LogP contribution in [0, 0.1) is 5.92 Å². The van der Waals surface area contributed by atoms with E-state index in [1.54, 1.807) is 20.1 Å². The number of carbonyl (C=O) groups excluding carboxylic acids is 1. The summed E-state index contributed by atoms with van der Waals surface area (Å²) >= 11 is 0. The van der Waals surface area contributed by atoms with Crippen molar-refractivity contribution in [3.05, 3.63) is 29.8 Å². The van der Waals surface area contributed by atoms with Crippen LogP contribution in [-0.4, -0.2) is 32.3 Å². The van der Waals surface area contributed by atoms with Crippen molar-refractivity contribution in [2.24, 2.45) is 5.92 Å². The van der Waals surface area contributed by atoms with Crippen molar-refractivity contribution in [1.29, 1.82) is 0 Å². The standard InChI is InChI=1S/C15H23NO3/c1-5-19-15(17)12-7-6-8-13(9-12)16-14(10-18-4)11(2)3/h6-9,11,14,16H,5,10H2,1-4H3. The number of ether oxygens (including phenoxy) is 2. The van der Waals surface area contributed by atoms with E-state index in [2.05, 4.69) is 19.2 Å². The van der Waals surface area contributed by atoms with Gasteiger partial charge in [0, 0.05) is 12.8 Å². The zero-order valence-corrected chi connectivity index (χ0v) is 12.1. The summed E-state index contributed by atoms with van der Waals surface area (Å²) in [6.45, 7) is 7.07. The van der Waals surface area contributed by atoms with Crippen LogP contribution in [0.3, 0.4) is 0 Å². The Kier molecular flexibility index (Phi) is 6.36. The molecule has 1 aromatic carbocycles. The first-order valence-corrected chi connectivity index (χ1v) is 6.61. The van der Waals surface area contributed by atoms with Crippen molar-refractivity contribution in [3.63, 3.8) is 0 Å². The summed E-state index contributed by atoms with van der Waals surface area (Å²) in [5, 5.41) is 3.38. The van der Waals surface area contributed by atoms with E-state index < -0.39 is 0 Å². The molecule has 4 nitrogen and oxygen atoms in total. The Morgan fingerprint density at radius 1 is 1.37 bits per heavy atom. The third-order valence-corrected chi connectivity index (χ3v) is 2.88. The van der Waals surface area contributed by atoms with E-state index in [-0.39, 0.29) is 12.0 Å². The number of anilines is 1. The predicted molar refractivity (Wildman–Crippen MR) is 76.5 cm³/mol. The van der Waals surface area contributed by atoms with Gasteiger partial charge in [-0.05, 0) is 31.0 Å². The lowest BCUT2D eigenvalue weighted by molar-refractivity contribution is 0.0526. The van der Waals surface area contributed by atoms with Crippen LogP contribution in [0.15, 0.2) is 24.3 Å². The van der Waals surface area contributed by atoms with Gasteiger partial charge in [-0.15, -0.1) is 0 Å². The molecular formula is C15H23NO3. The molecule has 0 spiro atoms. The van der Waals surface area contributed by atoms with Gasteiger partial charge in [0.2, 0.25) is 0 Å². The summed E-state index contributed by atoms with van der Waals surface area (Å²) in [5.74, 6) is 0.144. The number of rotatable bonds is 7. The molecule has 0 heterocycles. The molecule has 0 saturated carbocycles. The number of hydrogen-bond donors (Lipinski definition) is 1. The summed E-state index contributed by atoms with van der Waals surface area (Å²) in [4.78, 5) is 11.7. The summed E-state index contributed by atoms with van der Waals surface area (Å²) in [6, 6.07) is 7.56. The van der Waals surface area contributed by atoms with Gasteiger partial charge in [0.1, 0.15) is 0 Å². The molecule has 1 unspecified atom stereocenters. The van der Waals surface area contributed by atoms with Gasteiger partial charge in [0.25, 0.3) is 0 Å². The number of methoxy groups -OCH3 is 1. The number of benzene rings is 1. The summed E-state index contributed by atoms with van der Waals surface area (Å²) in [7, 11) is 1.69. The molecule has 106 valence electrons. The number of esters is 1. The van der Waals surface area contributed by atoms with Crippen LogP contribution in [0.5, 0.6) is 0 Å². The lowest BCUT2D eigenvalue weighted by Crippen LogP contribution is -2.30. The van der Waals surface area contributed by atoms with Gasteiger partial charge in [-0.2, -0.15) is 0 Å². The first-order valence-electron chi connectivity index (χ1n) is 6.61. The molecule has 0 bridgehead atoms. The number of hydrogen-bond acceptors (Lipinski definition) is 4. The second-order valence-corrected chi connectivity index (χ2v) is 4.75. The number of carbonyl (C=O) groups is 1. The van der Waals surface area contributed by atoms with Crippen LogP contribution < -0.4 is 5.32 Å². The molecule has 1 atom stereocenters. The van der Waals surface area contributed by atoms with Gasteiger partial charge in [-0.3, -0.25) is 0 Å². The minimum atomic E-state index is -0.293. The van der Waals surface area contributed by atoms with Crippen molar-refractivity contribution in [2.45, 2.75) is 26.8 Å². The topological polar surface area (TPSA) is 47.6 Å². The quantitative estimate of drug-likeness (QED) is 0.770. The van der Waals surface area contributed by atoms with Crippen LogP contribution in [0.25, 0.3) is 0 Å². The average Bonchev–Trinajstić information content (AvgIpc) is 2.39. The Balaban J connectivity index is 2.78.